The molecule has 0 aromatic carbocycles. The molecule has 1 aromatic heterocycles. The monoisotopic (exact) mass is 224 g/mol. The van der Waals surface area contributed by atoms with E-state index in [1.807, 2.05) is 18.0 Å². The van der Waals surface area contributed by atoms with Crippen LogP contribution in [0.15, 0.2) is 12.3 Å². The Balaban J connectivity index is 2.58. The van der Waals surface area contributed by atoms with Gasteiger partial charge in [0.1, 0.15) is 5.82 Å². The number of ether oxygens (including phenoxy) is 1. The number of nitrogens with zero attached hydrogens (tertiary/aromatic N) is 3. The highest BCUT2D eigenvalue weighted by Gasteiger charge is 2.03. The summed E-state index contributed by atoms with van der Waals surface area (Å²) < 4.78 is 5.03. The Morgan fingerprint density at radius 2 is 2.31 bits per heavy atom. The van der Waals surface area contributed by atoms with Crippen molar-refractivity contribution in [1.29, 1.82) is 0 Å². The van der Waals surface area contributed by atoms with Gasteiger partial charge in [-0.2, -0.15) is 4.98 Å². The van der Waals surface area contributed by atoms with E-state index in [9.17, 15) is 0 Å². The number of nitrogens with one attached hydrogen (secondary N) is 1. The molecule has 1 rings (SSSR count). The van der Waals surface area contributed by atoms with E-state index in [1.54, 1.807) is 13.3 Å². The first-order valence-corrected chi connectivity index (χ1v) is 5.55. The van der Waals surface area contributed by atoms with E-state index in [-0.39, 0.29) is 0 Å². The molecule has 5 nitrogen and oxygen atoms in total. The van der Waals surface area contributed by atoms with Gasteiger partial charge >= 0.3 is 0 Å². The van der Waals surface area contributed by atoms with Crippen molar-refractivity contribution in [1.82, 2.24) is 9.97 Å². The van der Waals surface area contributed by atoms with Gasteiger partial charge in [0, 0.05) is 33.4 Å². The Morgan fingerprint density at radius 1 is 1.50 bits per heavy atom. The molecule has 0 atom stereocenters. The highest BCUT2D eigenvalue weighted by molar-refractivity contribution is 5.41. The molecule has 0 radical (unpaired) electrons. The third kappa shape index (κ3) is 4.02. The van der Waals surface area contributed by atoms with Crippen LogP contribution in [0.2, 0.25) is 0 Å². The number of hydrogen-bond donors (Lipinski definition) is 1. The van der Waals surface area contributed by atoms with Crippen LogP contribution in [-0.2, 0) is 4.74 Å². The van der Waals surface area contributed by atoms with E-state index in [0.29, 0.717) is 12.6 Å². The summed E-state index contributed by atoms with van der Waals surface area (Å²) in [4.78, 5) is 10.6. The molecule has 0 aliphatic heterocycles. The third-order valence-electron chi connectivity index (χ3n) is 2.20. The quantitative estimate of drug-likeness (QED) is 0.758. The topological polar surface area (TPSA) is 50.3 Å². The lowest BCUT2D eigenvalue weighted by molar-refractivity contribution is 0.206. The van der Waals surface area contributed by atoms with Crippen molar-refractivity contribution in [2.75, 3.05) is 44.1 Å². The van der Waals surface area contributed by atoms with Gasteiger partial charge in [-0.15, -0.1) is 0 Å². The first kappa shape index (κ1) is 12.7. The molecule has 0 spiro atoms. The standard InChI is InChI=1S/C11H20N4O/c1-4-6-12-11-13-7-5-10(14-11)15(2)8-9-16-3/h5,7H,4,6,8-9H2,1-3H3,(H,12,13,14). The zero-order valence-corrected chi connectivity index (χ0v) is 10.2. The second-order valence-electron chi connectivity index (χ2n) is 3.58. The van der Waals surface area contributed by atoms with Crippen LogP contribution in [-0.4, -0.2) is 43.8 Å². The molecule has 1 N–H and O–H groups in total. The Bertz CT molecular complexity index is 306. The maximum absolute atomic E-state index is 5.03. The minimum absolute atomic E-state index is 0.684. The van der Waals surface area contributed by atoms with E-state index >= 15 is 0 Å². The zero-order valence-electron chi connectivity index (χ0n) is 10.2. The second-order valence-corrected chi connectivity index (χ2v) is 3.58. The summed E-state index contributed by atoms with van der Waals surface area (Å²) in [5, 5.41) is 3.17. The number of rotatable bonds is 7. The Morgan fingerprint density at radius 3 is 3.00 bits per heavy atom. The second kappa shape index (κ2) is 7.00. The average Bonchev–Trinajstić information content (AvgIpc) is 2.33. The van der Waals surface area contributed by atoms with Crippen LogP contribution in [0.25, 0.3) is 0 Å². The van der Waals surface area contributed by atoms with Crippen LogP contribution in [0, 0.1) is 0 Å². The fraction of sp³-hybridized carbons (Fsp3) is 0.636. The van der Waals surface area contributed by atoms with E-state index in [1.165, 1.54) is 0 Å². The van der Waals surface area contributed by atoms with Crippen LogP contribution in [0.5, 0.6) is 0 Å². The molecule has 0 amide bonds. The number of hydrogen-bond acceptors (Lipinski definition) is 5. The van der Waals surface area contributed by atoms with Gasteiger partial charge in [0.05, 0.1) is 6.61 Å². The van der Waals surface area contributed by atoms with Gasteiger partial charge in [-0.1, -0.05) is 6.92 Å². The minimum atomic E-state index is 0.684. The number of methoxy groups -OCH3 is 1. The summed E-state index contributed by atoms with van der Waals surface area (Å²) in [6.07, 6.45) is 2.83. The average molecular weight is 224 g/mol. The summed E-state index contributed by atoms with van der Waals surface area (Å²) in [6, 6.07) is 1.90. The zero-order chi connectivity index (χ0) is 11.8. The van der Waals surface area contributed by atoms with Crippen molar-refractivity contribution in [2.45, 2.75) is 13.3 Å². The maximum Gasteiger partial charge on any atom is 0.224 e. The van der Waals surface area contributed by atoms with Gasteiger partial charge in [0.15, 0.2) is 0 Å². The van der Waals surface area contributed by atoms with Crippen LogP contribution in [0.3, 0.4) is 0 Å². The fourth-order valence-corrected chi connectivity index (χ4v) is 1.23. The summed E-state index contributed by atoms with van der Waals surface area (Å²) in [6.45, 7) is 4.52. The minimum Gasteiger partial charge on any atom is -0.383 e. The number of anilines is 2. The van der Waals surface area contributed by atoms with Gasteiger partial charge in [-0.05, 0) is 12.5 Å². The van der Waals surface area contributed by atoms with Crippen molar-refractivity contribution in [3.05, 3.63) is 12.3 Å². The van der Waals surface area contributed by atoms with Crippen molar-refractivity contribution in [2.24, 2.45) is 0 Å². The molecule has 0 saturated heterocycles. The van der Waals surface area contributed by atoms with E-state index < -0.39 is 0 Å². The summed E-state index contributed by atoms with van der Waals surface area (Å²) in [5.74, 6) is 1.59. The number of likely N-dealkylation sites (N-methyl/N-ethyl adjacent to an activating group) is 1. The lowest BCUT2D eigenvalue weighted by atomic mass is 10.5. The lowest BCUT2D eigenvalue weighted by Gasteiger charge is -2.17. The molecule has 0 aliphatic rings. The van der Waals surface area contributed by atoms with Gasteiger partial charge in [0.2, 0.25) is 5.95 Å². The van der Waals surface area contributed by atoms with Crippen molar-refractivity contribution < 1.29 is 4.74 Å². The highest BCUT2D eigenvalue weighted by atomic mass is 16.5. The molecular formula is C11H20N4O. The largest absolute Gasteiger partial charge is 0.383 e. The van der Waals surface area contributed by atoms with Crippen LogP contribution < -0.4 is 10.2 Å². The molecule has 90 valence electrons. The molecular weight excluding hydrogens is 204 g/mol. The van der Waals surface area contributed by atoms with E-state index in [0.717, 1.165) is 25.3 Å². The molecule has 0 aliphatic carbocycles. The SMILES string of the molecule is CCCNc1nccc(N(C)CCOC)n1. The summed E-state index contributed by atoms with van der Waals surface area (Å²) >= 11 is 0. The third-order valence-corrected chi connectivity index (χ3v) is 2.20. The Kier molecular flexibility index (Phi) is 5.56. The predicted octanol–water partition coefficient (Wildman–Crippen LogP) is 1.38. The van der Waals surface area contributed by atoms with Gasteiger partial charge in [-0.3, -0.25) is 0 Å². The first-order valence-electron chi connectivity index (χ1n) is 5.55. The predicted molar refractivity (Wildman–Crippen MR) is 66.0 cm³/mol. The van der Waals surface area contributed by atoms with Crippen LogP contribution in [0.4, 0.5) is 11.8 Å². The van der Waals surface area contributed by atoms with E-state index in [2.05, 4.69) is 22.2 Å². The molecule has 1 aromatic rings. The molecule has 0 unspecified atom stereocenters. The summed E-state index contributed by atoms with van der Waals surface area (Å²) in [5.41, 5.74) is 0. The highest BCUT2D eigenvalue weighted by Crippen LogP contribution is 2.09. The number of aromatic nitrogens is 2. The fourth-order valence-electron chi connectivity index (χ4n) is 1.23. The first-order chi connectivity index (χ1) is 7.77. The molecule has 16 heavy (non-hydrogen) atoms. The molecule has 0 bridgehead atoms. The smallest absolute Gasteiger partial charge is 0.224 e. The van der Waals surface area contributed by atoms with Crippen LogP contribution >= 0.6 is 0 Å². The van der Waals surface area contributed by atoms with Crippen LogP contribution in [0.1, 0.15) is 13.3 Å². The summed E-state index contributed by atoms with van der Waals surface area (Å²) in [7, 11) is 3.69. The maximum atomic E-state index is 5.03. The van der Waals surface area contributed by atoms with Crippen molar-refractivity contribution >= 4 is 11.8 Å². The Labute approximate surface area is 96.8 Å². The van der Waals surface area contributed by atoms with E-state index in [4.69, 9.17) is 4.74 Å². The van der Waals surface area contributed by atoms with Gasteiger partial charge in [0.25, 0.3) is 0 Å². The molecule has 1 heterocycles. The van der Waals surface area contributed by atoms with Crippen molar-refractivity contribution in [3.63, 3.8) is 0 Å². The Hall–Kier alpha value is -1.36. The normalized spacial score (nSPS) is 10.2. The molecule has 5 heteroatoms. The van der Waals surface area contributed by atoms with Gasteiger partial charge in [-0.25, -0.2) is 4.98 Å². The van der Waals surface area contributed by atoms with Crippen molar-refractivity contribution in [3.8, 4) is 0 Å². The lowest BCUT2D eigenvalue weighted by Crippen LogP contribution is -2.23. The molecule has 0 saturated carbocycles. The van der Waals surface area contributed by atoms with Gasteiger partial charge < -0.3 is 15.0 Å². The molecule has 0 fully saturated rings.